The summed E-state index contributed by atoms with van der Waals surface area (Å²) < 4.78 is 1.82. The summed E-state index contributed by atoms with van der Waals surface area (Å²) in [6, 6.07) is 4.35. The zero-order valence-electron chi connectivity index (χ0n) is 10.8. The summed E-state index contributed by atoms with van der Waals surface area (Å²) >= 11 is 0. The van der Waals surface area contributed by atoms with Crippen molar-refractivity contribution in [1.29, 1.82) is 0 Å². The number of aliphatic hydroxyl groups is 2. The van der Waals surface area contributed by atoms with Gasteiger partial charge in [0.25, 0.3) is 0 Å². The number of hydrogen-bond donors (Lipinski definition) is 4. The van der Waals surface area contributed by atoms with Crippen LogP contribution in [0, 0.1) is 0 Å². The standard InChI is InChI=1S/C11H15N5O.CH4O/c12-11-10-4-3-9(16(10)14-6-13-11)8-2-1-7(5-17)15-8;1-2/h3-4,6-8,15,17H,1-2,5H2,(H2,12,13,14);2H,1H3. The van der Waals surface area contributed by atoms with Crippen LogP contribution in [0.4, 0.5) is 5.82 Å². The van der Waals surface area contributed by atoms with Gasteiger partial charge in [-0.15, -0.1) is 0 Å². The SMILES string of the molecule is CO.Nc1ncnn2c(C3CCC(CO)N3)ccc12. The Balaban J connectivity index is 0.000000637. The number of anilines is 1. The van der Waals surface area contributed by atoms with Gasteiger partial charge in [0.1, 0.15) is 11.8 Å². The van der Waals surface area contributed by atoms with E-state index < -0.39 is 0 Å². The maximum Gasteiger partial charge on any atom is 0.151 e. The maximum absolute atomic E-state index is 9.12. The number of aliphatic hydroxyl groups excluding tert-OH is 2. The molecule has 0 bridgehead atoms. The molecule has 2 aromatic heterocycles. The normalized spacial score (nSPS) is 22.3. The number of aromatic nitrogens is 3. The summed E-state index contributed by atoms with van der Waals surface area (Å²) in [4.78, 5) is 3.96. The Bertz CT molecular complexity index is 542. The van der Waals surface area contributed by atoms with Crippen LogP contribution in [0.3, 0.4) is 0 Å². The van der Waals surface area contributed by atoms with Crippen molar-refractivity contribution in [2.24, 2.45) is 0 Å². The van der Waals surface area contributed by atoms with Gasteiger partial charge in [0, 0.05) is 19.2 Å². The van der Waals surface area contributed by atoms with Gasteiger partial charge in [0.2, 0.25) is 0 Å². The lowest BCUT2D eigenvalue weighted by Crippen LogP contribution is -2.28. The number of nitrogens with two attached hydrogens (primary N) is 1. The van der Waals surface area contributed by atoms with Crippen molar-refractivity contribution in [3.05, 3.63) is 24.2 Å². The minimum absolute atomic E-state index is 0.178. The maximum atomic E-state index is 9.12. The molecule has 7 heteroatoms. The lowest BCUT2D eigenvalue weighted by atomic mass is 10.1. The minimum atomic E-state index is 0.178. The zero-order chi connectivity index (χ0) is 13.8. The molecule has 0 aliphatic carbocycles. The molecule has 0 radical (unpaired) electrons. The van der Waals surface area contributed by atoms with Crippen LogP contribution in [0.25, 0.3) is 5.52 Å². The number of hydrogen-bond acceptors (Lipinski definition) is 6. The van der Waals surface area contributed by atoms with Crippen molar-refractivity contribution in [3.8, 4) is 0 Å². The molecule has 0 aromatic carbocycles. The molecule has 0 saturated carbocycles. The van der Waals surface area contributed by atoms with Gasteiger partial charge in [-0.3, -0.25) is 0 Å². The Hall–Kier alpha value is -1.70. The molecule has 104 valence electrons. The first kappa shape index (κ1) is 13.7. The molecular weight excluding hydrogens is 246 g/mol. The summed E-state index contributed by atoms with van der Waals surface area (Å²) in [6.07, 6.45) is 3.44. The molecule has 0 amide bonds. The highest BCUT2D eigenvalue weighted by Gasteiger charge is 2.26. The van der Waals surface area contributed by atoms with Crippen LogP contribution in [0.5, 0.6) is 0 Å². The van der Waals surface area contributed by atoms with Crippen molar-refractivity contribution in [2.45, 2.75) is 24.9 Å². The third kappa shape index (κ3) is 2.53. The van der Waals surface area contributed by atoms with E-state index in [4.69, 9.17) is 15.9 Å². The van der Waals surface area contributed by atoms with E-state index in [9.17, 15) is 0 Å². The lowest BCUT2D eigenvalue weighted by Gasteiger charge is -2.12. The Morgan fingerprint density at radius 2 is 2.21 bits per heavy atom. The Kier molecular flexibility index (Phi) is 4.31. The third-order valence-corrected chi connectivity index (χ3v) is 3.33. The summed E-state index contributed by atoms with van der Waals surface area (Å²) in [5.74, 6) is 0.489. The minimum Gasteiger partial charge on any atom is -0.400 e. The molecule has 3 rings (SSSR count). The second-order valence-electron chi connectivity index (χ2n) is 4.38. The Labute approximate surface area is 111 Å². The third-order valence-electron chi connectivity index (χ3n) is 3.33. The van der Waals surface area contributed by atoms with Crippen LogP contribution >= 0.6 is 0 Å². The number of nitrogen functional groups attached to an aromatic ring is 1. The fraction of sp³-hybridized carbons (Fsp3) is 0.500. The highest BCUT2D eigenvalue weighted by atomic mass is 16.3. The van der Waals surface area contributed by atoms with E-state index in [1.165, 1.54) is 6.33 Å². The summed E-state index contributed by atoms with van der Waals surface area (Å²) in [5.41, 5.74) is 7.69. The molecule has 19 heavy (non-hydrogen) atoms. The Morgan fingerprint density at radius 1 is 1.42 bits per heavy atom. The van der Waals surface area contributed by atoms with Gasteiger partial charge in [0.15, 0.2) is 5.82 Å². The fourth-order valence-corrected chi connectivity index (χ4v) is 2.43. The second-order valence-corrected chi connectivity index (χ2v) is 4.38. The van der Waals surface area contributed by atoms with Crippen molar-refractivity contribution >= 4 is 11.3 Å². The fourth-order valence-electron chi connectivity index (χ4n) is 2.43. The first-order valence-corrected chi connectivity index (χ1v) is 6.19. The van der Waals surface area contributed by atoms with Gasteiger partial charge in [-0.25, -0.2) is 9.50 Å². The average molecular weight is 265 g/mol. The molecule has 0 spiro atoms. The lowest BCUT2D eigenvalue weighted by molar-refractivity contribution is 0.251. The molecule has 1 aliphatic rings. The van der Waals surface area contributed by atoms with Gasteiger partial charge >= 0.3 is 0 Å². The molecule has 2 aromatic rings. The molecule has 2 atom stereocenters. The van der Waals surface area contributed by atoms with Crippen LogP contribution < -0.4 is 11.1 Å². The van der Waals surface area contributed by atoms with Crippen LogP contribution in [0.1, 0.15) is 24.6 Å². The van der Waals surface area contributed by atoms with Crippen molar-refractivity contribution < 1.29 is 10.2 Å². The monoisotopic (exact) mass is 265 g/mol. The molecule has 1 fully saturated rings. The number of nitrogens with one attached hydrogen (secondary N) is 1. The Morgan fingerprint density at radius 3 is 2.89 bits per heavy atom. The van der Waals surface area contributed by atoms with E-state index in [0.29, 0.717) is 5.82 Å². The second kappa shape index (κ2) is 5.96. The van der Waals surface area contributed by atoms with Gasteiger partial charge in [-0.1, -0.05) is 0 Å². The average Bonchev–Trinajstić information content (AvgIpc) is 3.07. The zero-order valence-corrected chi connectivity index (χ0v) is 10.8. The summed E-state index contributed by atoms with van der Waals surface area (Å²) in [5, 5.41) is 23.7. The van der Waals surface area contributed by atoms with E-state index in [-0.39, 0.29) is 18.7 Å². The topological polar surface area (TPSA) is 109 Å². The van der Waals surface area contributed by atoms with Gasteiger partial charge in [-0.05, 0) is 25.0 Å². The predicted octanol–water partition coefficient (Wildman–Crippen LogP) is -0.295. The van der Waals surface area contributed by atoms with Crippen molar-refractivity contribution in [2.75, 3.05) is 19.5 Å². The molecule has 1 saturated heterocycles. The van der Waals surface area contributed by atoms with Crippen molar-refractivity contribution in [3.63, 3.8) is 0 Å². The van der Waals surface area contributed by atoms with Crippen LogP contribution in [0.2, 0.25) is 0 Å². The van der Waals surface area contributed by atoms with Crippen LogP contribution in [-0.4, -0.2) is 44.6 Å². The van der Waals surface area contributed by atoms with E-state index in [0.717, 1.165) is 31.2 Å². The molecular formula is C12H19N5O2. The molecule has 7 nitrogen and oxygen atoms in total. The van der Waals surface area contributed by atoms with Crippen LogP contribution in [-0.2, 0) is 0 Å². The highest BCUT2D eigenvalue weighted by Crippen LogP contribution is 2.28. The highest BCUT2D eigenvalue weighted by molar-refractivity contribution is 5.65. The van der Waals surface area contributed by atoms with E-state index in [2.05, 4.69) is 15.4 Å². The van der Waals surface area contributed by atoms with Gasteiger partial charge < -0.3 is 21.3 Å². The smallest absolute Gasteiger partial charge is 0.151 e. The predicted molar refractivity (Wildman–Crippen MR) is 71.5 cm³/mol. The van der Waals surface area contributed by atoms with E-state index in [1.807, 2.05) is 16.6 Å². The van der Waals surface area contributed by atoms with E-state index in [1.54, 1.807) is 0 Å². The number of nitrogens with zero attached hydrogens (tertiary/aromatic N) is 3. The molecule has 5 N–H and O–H groups in total. The summed E-state index contributed by atoms with van der Waals surface area (Å²) in [7, 11) is 1.00. The molecule has 2 unspecified atom stereocenters. The quantitative estimate of drug-likeness (QED) is 0.594. The van der Waals surface area contributed by atoms with Crippen molar-refractivity contribution in [1.82, 2.24) is 19.9 Å². The first-order valence-electron chi connectivity index (χ1n) is 6.19. The van der Waals surface area contributed by atoms with E-state index >= 15 is 0 Å². The largest absolute Gasteiger partial charge is 0.400 e. The molecule has 3 heterocycles. The molecule has 1 aliphatic heterocycles. The van der Waals surface area contributed by atoms with Gasteiger partial charge in [0.05, 0.1) is 12.3 Å². The summed E-state index contributed by atoms with van der Waals surface area (Å²) in [6.45, 7) is 0.178. The van der Waals surface area contributed by atoms with Crippen LogP contribution in [0.15, 0.2) is 18.5 Å². The first-order chi connectivity index (χ1) is 9.29. The number of rotatable bonds is 2. The number of fused-ring (bicyclic) bond motifs is 1. The van der Waals surface area contributed by atoms with Gasteiger partial charge in [-0.2, -0.15) is 5.10 Å².